The van der Waals surface area contributed by atoms with Crippen molar-refractivity contribution >= 4 is 33.3 Å². The Morgan fingerprint density at radius 1 is 1.44 bits per heavy atom. The smallest absolute Gasteiger partial charge is 0.151 e. The lowest BCUT2D eigenvalue weighted by atomic mass is 10.3. The highest BCUT2D eigenvalue weighted by molar-refractivity contribution is 8.01. The molecular formula is C12H14N2S2. The minimum atomic E-state index is 0.692. The van der Waals surface area contributed by atoms with Gasteiger partial charge >= 0.3 is 0 Å². The van der Waals surface area contributed by atoms with Crippen LogP contribution in [0.15, 0.2) is 28.6 Å². The maximum Gasteiger partial charge on any atom is 0.151 e. The van der Waals surface area contributed by atoms with Crippen LogP contribution in [0.2, 0.25) is 0 Å². The monoisotopic (exact) mass is 250 g/mol. The first-order valence-corrected chi connectivity index (χ1v) is 7.44. The molecule has 2 nitrogen and oxygen atoms in total. The molecule has 0 bridgehead atoms. The van der Waals surface area contributed by atoms with E-state index in [0.29, 0.717) is 6.04 Å². The van der Waals surface area contributed by atoms with Crippen LogP contribution in [0.5, 0.6) is 0 Å². The zero-order valence-corrected chi connectivity index (χ0v) is 10.6. The number of rotatable bonds is 3. The van der Waals surface area contributed by atoms with Crippen molar-refractivity contribution in [1.82, 2.24) is 10.3 Å². The third-order valence-electron chi connectivity index (χ3n) is 2.84. The third-order valence-corrected chi connectivity index (χ3v) is 5.19. The van der Waals surface area contributed by atoms with Crippen molar-refractivity contribution in [2.24, 2.45) is 0 Å². The van der Waals surface area contributed by atoms with E-state index in [2.05, 4.69) is 34.6 Å². The molecule has 0 spiro atoms. The molecule has 1 aliphatic rings. The first-order valence-electron chi connectivity index (χ1n) is 5.63. The van der Waals surface area contributed by atoms with Crippen molar-refractivity contribution in [2.75, 3.05) is 12.3 Å². The van der Waals surface area contributed by atoms with Crippen molar-refractivity contribution in [3.63, 3.8) is 0 Å². The molecule has 2 aromatic rings. The maximum absolute atomic E-state index is 4.63. The summed E-state index contributed by atoms with van der Waals surface area (Å²) >= 11 is 3.69. The molecule has 1 aromatic heterocycles. The highest BCUT2D eigenvalue weighted by Gasteiger charge is 2.14. The molecule has 0 radical (unpaired) electrons. The molecule has 0 amide bonds. The van der Waals surface area contributed by atoms with E-state index in [4.69, 9.17) is 0 Å². The standard InChI is InChI=1S/C12H14N2S2/c1-2-6-11-10(5-1)14-12(16-11)15-8-9-4-3-7-13-9/h1-2,5-6,9,13H,3-4,7-8H2. The average Bonchev–Trinajstić information content (AvgIpc) is 2.95. The van der Waals surface area contributed by atoms with Crippen LogP contribution >= 0.6 is 23.1 Å². The Labute approximate surface area is 103 Å². The van der Waals surface area contributed by atoms with E-state index >= 15 is 0 Å². The molecule has 2 heterocycles. The van der Waals surface area contributed by atoms with Crippen molar-refractivity contribution < 1.29 is 0 Å². The van der Waals surface area contributed by atoms with Gasteiger partial charge in [0.1, 0.15) is 0 Å². The maximum atomic E-state index is 4.63. The number of nitrogens with one attached hydrogen (secondary N) is 1. The van der Waals surface area contributed by atoms with Crippen LogP contribution in [0.1, 0.15) is 12.8 Å². The summed E-state index contributed by atoms with van der Waals surface area (Å²) in [6, 6.07) is 9.05. The average molecular weight is 250 g/mol. The van der Waals surface area contributed by atoms with E-state index in [1.165, 1.54) is 28.4 Å². The van der Waals surface area contributed by atoms with E-state index in [9.17, 15) is 0 Å². The van der Waals surface area contributed by atoms with Crippen molar-refractivity contribution in [2.45, 2.75) is 23.2 Å². The van der Waals surface area contributed by atoms with Gasteiger partial charge in [0.05, 0.1) is 10.2 Å². The summed E-state index contributed by atoms with van der Waals surface area (Å²) in [5.41, 5.74) is 1.13. The minimum absolute atomic E-state index is 0.692. The largest absolute Gasteiger partial charge is 0.313 e. The summed E-state index contributed by atoms with van der Waals surface area (Å²) in [5.74, 6) is 1.15. The van der Waals surface area contributed by atoms with Crippen molar-refractivity contribution in [3.05, 3.63) is 24.3 Å². The molecule has 1 saturated heterocycles. The zero-order chi connectivity index (χ0) is 10.8. The molecule has 3 rings (SSSR count). The molecule has 84 valence electrons. The number of benzene rings is 1. The van der Waals surface area contributed by atoms with E-state index in [0.717, 1.165) is 11.3 Å². The number of nitrogens with zero attached hydrogens (tertiary/aromatic N) is 1. The van der Waals surface area contributed by atoms with E-state index < -0.39 is 0 Å². The lowest BCUT2D eigenvalue weighted by Gasteiger charge is -2.06. The molecule has 1 fully saturated rings. The second kappa shape index (κ2) is 4.73. The molecule has 0 aliphatic carbocycles. The van der Waals surface area contributed by atoms with Gasteiger partial charge in [0.25, 0.3) is 0 Å². The Morgan fingerprint density at radius 2 is 2.38 bits per heavy atom. The summed E-state index contributed by atoms with van der Waals surface area (Å²) in [7, 11) is 0. The van der Waals surface area contributed by atoms with Gasteiger partial charge in [0.15, 0.2) is 4.34 Å². The second-order valence-corrected chi connectivity index (χ2v) is 6.35. The number of thioether (sulfide) groups is 1. The molecule has 4 heteroatoms. The Morgan fingerprint density at radius 3 is 3.19 bits per heavy atom. The fourth-order valence-electron chi connectivity index (χ4n) is 1.98. The molecule has 0 saturated carbocycles. The van der Waals surface area contributed by atoms with Crippen LogP contribution in [-0.2, 0) is 0 Å². The van der Waals surface area contributed by atoms with Crippen LogP contribution in [0.3, 0.4) is 0 Å². The van der Waals surface area contributed by atoms with E-state index in [1.54, 1.807) is 11.3 Å². The van der Waals surface area contributed by atoms with Crippen LogP contribution < -0.4 is 5.32 Å². The van der Waals surface area contributed by atoms with Crippen LogP contribution in [-0.4, -0.2) is 23.3 Å². The molecule has 1 unspecified atom stereocenters. The molecule has 1 atom stereocenters. The minimum Gasteiger partial charge on any atom is -0.313 e. The zero-order valence-electron chi connectivity index (χ0n) is 8.98. The summed E-state index contributed by atoms with van der Waals surface area (Å²) in [5, 5.41) is 3.52. The van der Waals surface area contributed by atoms with Gasteiger partial charge in [-0.1, -0.05) is 23.9 Å². The van der Waals surface area contributed by atoms with Crippen molar-refractivity contribution in [3.8, 4) is 0 Å². The molecular weight excluding hydrogens is 236 g/mol. The van der Waals surface area contributed by atoms with Crippen LogP contribution in [0.25, 0.3) is 10.2 Å². The van der Waals surface area contributed by atoms with Gasteiger partial charge in [0, 0.05) is 11.8 Å². The lowest BCUT2D eigenvalue weighted by molar-refractivity contribution is 0.674. The van der Waals surface area contributed by atoms with Gasteiger partial charge < -0.3 is 5.32 Å². The first-order chi connectivity index (χ1) is 7.92. The van der Waals surface area contributed by atoms with Gasteiger partial charge in [-0.15, -0.1) is 11.3 Å². The fourth-order valence-corrected chi connectivity index (χ4v) is 4.18. The lowest BCUT2D eigenvalue weighted by Crippen LogP contribution is -2.23. The second-order valence-electron chi connectivity index (χ2n) is 4.05. The number of para-hydroxylation sites is 1. The van der Waals surface area contributed by atoms with Crippen molar-refractivity contribution in [1.29, 1.82) is 0 Å². The van der Waals surface area contributed by atoms with E-state index in [1.807, 2.05) is 11.8 Å². The quantitative estimate of drug-likeness (QED) is 0.847. The topological polar surface area (TPSA) is 24.9 Å². The van der Waals surface area contributed by atoms with Gasteiger partial charge in [-0.3, -0.25) is 0 Å². The van der Waals surface area contributed by atoms with Crippen LogP contribution in [0.4, 0.5) is 0 Å². The Kier molecular flexibility index (Phi) is 3.13. The summed E-state index contributed by atoms with van der Waals surface area (Å²) in [4.78, 5) is 4.63. The Bertz CT molecular complexity index is 442. The fraction of sp³-hybridized carbons (Fsp3) is 0.417. The van der Waals surface area contributed by atoms with Gasteiger partial charge in [-0.05, 0) is 31.5 Å². The highest BCUT2D eigenvalue weighted by Crippen LogP contribution is 2.30. The first kappa shape index (κ1) is 10.6. The predicted molar refractivity (Wildman–Crippen MR) is 71.4 cm³/mol. The third kappa shape index (κ3) is 2.24. The number of aromatic nitrogens is 1. The molecule has 16 heavy (non-hydrogen) atoms. The number of fused-ring (bicyclic) bond motifs is 1. The molecule has 1 aliphatic heterocycles. The molecule has 1 aromatic carbocycles. The predicted octanol–water partition coefficient (Wildman–Crippen LogP) is 3.14. The molecule has 1 N–H and O–H groups in total. The summed E-state index contributed by atoms with van der Waals surface area (Å²) in [6.07, 6.45) is 2.64. The number of hydrogen-bond donors (Lipinski definition) is 1. The highest BCUT2D eigenvalue weighted by atomic mass is 32.2. The number of hydrogen-bond acceptors (Lipinski definition) is 4. The van der Waals surface area contributed by atoms with Gasteiger partial charge in [-0.2, -0.15) is 0 Å². The summed E-state index contributed by atoms with van der Waals surface area (Å²) in [6.45, 7) is 1.19. The Hall–Kier alpha value is -0.580. The van der Waals surface area contributed by atoms with Gasteiger partial charge in [0.2, 0.25) is 0 Å². The van der Waals surface area contributed by atoms with E-state index in [-0.39, 0.29) is 0 Å². The SMILES string of the molecule is c1ccc2sc(SCC3CCCN3)nc2c1. The van der Waals surface area contributed by atoms with Crippen LogP contribution in [0, 0.1) is 0 Å². The van der Waals surface area contributed by atoms with Gasteiger partial charge in [-0.25, -0.2) is 4.98 Å². The number of thiazole rings is 1. The summed E-state index contributed by atoms with van der Waals surface area (Å²) < 4.78 is 2.50. The Balaban J connectivity index is 1.69. The normalized spacial score (nSPS) is 20.6.